The Morgan fingerprint density at radius 1 is 1.25 bits per heavy atom. The Kier molecular flexibility index (Phi) is 5.50. The van der Waals surface area contributed by atoms with Crippen molar-refractivity contribution in [2.45, 2.75) is 6.18 Å². The van der Waals surface area contributed by atoms with Crippen LogP contribution in [-0.4, -0.2) is 29.1 Å². The molecule has 6 nitrogen and oxygen atoms in total. The van der Waals surface area contributed by atoms with Gasteiger partial charge < -0.3 is 4.74 Å². The quantitative estimate of drug-likeness (QED) is 0.570. The van der Waals surface area contributed by atoms with Crippen LogP contribution in [0.3, 0.4) is 0 Å². The molecular weight excluding hydrogens is 395 g/mol. The molecule has 28 heavy (non-hydrogen) atoms. The SMILES string of the molecule is COC(=O)/C=C1\S/C(=N\c2ccccn2)N(c2cccc(C(F)(F)F)c2)C1=O. The van der Waals surface area contributed by atoms with Crippen LogP contribution in [0.5, 0.6) is 0 Å². The van der Waals surface area contributed by atoms with Crippen LogP contribution in [-0.2, 0) is 20.5 Å². The lowest BCUT2D eigenvalue weighted by atomic mass is 10.2. The molecule has 0 atom stereocenters. The van der Waals surface area contributed by atoms with Crippen LogP contribution in [0, 0.1) is 0 Å². The average molecular weight is 407 g/mol. The number of thioether (sulfide) groups is 1. The number of methoxy groups -OCH3 is 1. The number of nitrogens with zero attached hydrogens (tertiary/aromatic N) is 3. The second-order valence-electron chi connectivity index (χ2n) is 5.40. The molecule has 3 rings (SSSR count). The van der Waals surface area contributed by atoms with Gasteiger partial charge in [-0.1, -0.05) is 12.1 Å². The minimum atomic E-state index is -4.57. The number of ether oxygens (including phenoxy) is 1. The van der Waals surface area contributed by atoms with Crippen molar-refractivity contribution >= 4 is 40.3 Å². The van der Waals surface area contributed by atoms with E-state index >= 15 is 0 Å². The molecule has 10 heteroatoms. The molecule has 1 fully saturated rings. The third-order valence-electron chi connectivity index (χ3n) is 3.55. The summed E-state index contributed by atoms with van der Waals surface area (Å²) in [5.41, 5.74) is -0.944. The highest BCUT2D eigenvalue weighted by atomic mass is 32.2. The van der Waals surface area contributed by atoms with Gasteiger partial charge in [0.25, 0.3) is 5.91 Å². The van der Waals surface area contributed by atoms with E-state index in [1.54, 1.807) is 18.2 Å². The first-order chi connectivity index (χ1) is 13.3. The summed E-state index contributed by atoms with van der Waals surface area (Å²) in [4.78, 5) is 33.5. The third kappa shape index (κ3) is 4.22. The number of esters is 1. The van der Waals surface area contributed by atoms with Crippen LogP contribution < -0.4 is 4.90 Å². The van der Waals surface area contributed by atoms with Gasteiger partial charge in [-0.05, 0) is 42.1 Å². The summed E-state index contributed by atoms with van der Waals surface area (Å²) in [6.45, 7) is 0. The summed E-state index contributed by atoms with van der Waals surface area (Å²) in [6.07, 6.45) is -2.12. The molecule has 0 radical (unpaired) electrons. The second-order valence-corrected chi connectivity index (χ2v) is 6.41. The molecule has 0 unspecified atom stereocenters. The Morgan fingerprint density at radius 3 is 2.68 bits per heavy atom. The molecule has 144 valence electrons. The van der Waals surface area contributed by atoms with Crippen molar-refractivity contribution in [1.82, 2.24) is 4.98 Å². The minimum Gasteiger partial charge on any atom is -0.466 e. The fourth-order valence-corrected chi connectivity index (χ4v) is 3.23. The number of carbonyl (C=O) groups is 2. The summed E-state index contributed by atoms with van der Waals surface area (Å²) in [7, 11) is 1.15. The smallest absolute Gasteiger partial charge is 0.416 e. The minimum absolute atomic E-state index is 0.0288. The highest BCUT2D eigenvalue weighted by molar-refractivity contribution is 8.19. The van der Waals surface area contributed by atoms with Gasteiger partial charge in [0.15, 0.2) is 11.0 Å². The van der Waals surface area contributed by atoms with Gasteiger partial charge in [0.05, 0.1) is 23.3 Å². The predicted octanol–water partition coefficient (Wildman–Crippen LogP) is 3.92. The molecule has 2 aromatic rings. The Bertz CT molecular complexity index is 975. The van der Waals surface area contributed by atoms with Gasteiger partial charge in [0.1, 0.15) is 0 Å². The van der Waals surface area contributed by atoms with Gasteiger partial charge in [-0.25, -0.2) is 14.8 Å². The predicted molar refractivity (Wildman–Crippen MR) is 98.0 cm³/mol. The van der Waals surface area contributed by atoms with E-state index in [1.165, 1.54) is 18.3 Å². The lowest BCUT2D eigenvalue weighted by molar-refractivity contribution is -0.137. The number of halogens is 3. The third-order valence-corrected chi connectivity index (χ3v) is 4.52. The summed E-state index contributed by atoms with van der Waals surface area (Å²) in [5, 5.41) is 0.0678. The first-order valence-electron chi connectivity index (χ1n) is 7.78. The Balaban J connectivity index is 2.09. The molecule has 1 aliphatic heterocycles. The van der Waals surface area contributed by atoms with E-state index in [9.17, 15) is 22.8 Å². The van der Waals surface area contributed by atoms with Crippen molar-refractivity contribution in [2.24, 2.45) is 4.99 Å². The van der Waals surface area contributed by atoms with Gasteiger partial charge in [0, 0.05) is 12.3 Å². The number of aliphatic imine (C=N–C) groups is 1. The number of benzene rings is 1. The number of amidine groups is 1. The van der Waals surface area contributed by atoms with E-state index in [1.807, 2.05) is 0 Å². The molecular formula is C18H12F3N3O3S. The lowest BCUT2D eigenvalue weighted by Crippen LogP contribution is -2.29. The Hall–Kier alpha value is -3.14. The number of hydrogen-bond acceptors (Lipinski definition) is 6. The molecule has 2 heterocycles. The van der Waals surface area contributed by atoms with Crippen LogP contribution in [0.1, 0.15) is 5.56 Å². The van der Waals surface area contributed by atoms with Crippen LogP contribution in [0.2, 0.25) is 0 Å². The Labute approximate surface area is 161 Å². The van der Waals surface area contributed by atoms with E-state index in [-0.39, 0.29) is 21.6 Å². The molecule has 0 bridgehead atoms. The maximum atomic E-state index is 13.1. The van der Waals surface area contributed by atoms with Gasteiger partial charge in [-0.2, -0.15) is 13.2 Å². The topological polar surface area (TPSA) is 71.9 Å². The Morgan fingerprint density at radius 2 is 2.04 bits per heavy atom. The van der Waals surface area contributed by atoms with Crippen molar-refractivity contribution in [3.8, 4) is 0 Å². The highest BCUT2D eigenvalue weighted by Crippen LogP contribution is 2.38. The van der Waals surface area contributed by atoms with Gasteiger partial charge >= 0.3 is 12.1 Å². The van der Waals surface area contributed by atoms with Crippen LogP contribution in [0.25, 0.3) is 0 Å². The number of aromatic nitrogens is 1. The standard InChI is InChI=1S/C18H12F3N3O3S/c1-27-15(25)10-13-16(26)24(12-6-4-5-11(9-12)18(19,20)21)17(28-13)23-14-7-2-3-8-22-14/h2-10H,1H3/b13-10-,23-17-. The second kappa shape index (κ2) is 7.85. The summed E-state index contributed by atoms with van der Waals surface area (Å²) in [6, 6.07) is 9.20. The van der Waals surface area contributed by atoms with Gasteiger partial charge in [-0.15, -0.1) is 0 Å². The van der Waals surface area contributed by atoms with Gasteiger partial charge in [0.2, 0.25) is 0 Å². The molecule has 0 aliphatic carbocycles. The molecule has 1 saturated heterocycles. The number of rotatable bonds is 3. The highest BCUT2D eigenvalue weighted by Gasteiger charge is 2.37. The first-order valence-corrected chi connectivity index (χ1v) is 8.60. The number of carbonyl (C=O) groups excluding carboxylic acids is 2. The molecule has 1 aromatic carbocycles. The lowest BCUT2D eigenvalue weighted by Gasteiger charge is -2.17. The van der Waals surface area contributed by atoms with Crippen LogP contribution in [0.15, 0.2) is 64.6 Å². The molecule has 0 spiro atoms. The summed E-state index contributed by atoms with van der Waals surface area (Å²) in [5.74, 6) is -1.20. The zero-order chi connectivity index (χ0) is 20.3. The van der Waals surface area contributed by atoms with Crippen molar-refractivity contribution in [2.75, 3.05) is 12.0 Å². The zero-order valence-corrected chi connectivity index (χ0v) is 15.1. The molecule has 1 aromatic heterocycles. The van der Waals surface area contributed by atoms with E-state index in [0.717, 1.165) is 42.0 Å². The number of anilines is 1. The van der Waals surface area contributed by atoms with Crippen molar-refractivity contribution < 1.29 is 27.5 Å². The van der Waals surface area contributed by atoms with Crippen molar-refractivity contribution in [3.05, 3.63) is 65.2 Å². The van der Waals surface area contributed by atoms with E-state index < -0.39 is 23.6 Å². The molecule has 0 N–H and O–H groups in total. The average Bonchev–Trinajstić information content (AvgIpc) is 2.96. The molecule has 1 amide bonds. The molecule has 1 aliphatic rings. The van der Waals surface area contributed by atoms with Crippen molar-refractivity contribution in [1.29, 1.82) is 0 Å². The number of hydrogen-bond donors (Lipinski definition) is 0. The van der Waals surface area contributed by atoms with Crippen LogP contribution >= 0.6 is 11.8 Å². The summed E-state index contributed by atoms with van der Waals surface area (Å²) < 4.78 is 43.7. The van der Waals surface area contributed by atoms with E-state index in [4.69, 9.17) is 0 Å². The normalized spacial score (nSPS) is 17.4. The monoisotopic (exact) mass is 407 g/mol. The molecule has 0 saturated carbocycles. The zero-order valence-electron chi connectivity index (χ0n) is 14.3. The number of amides is 1. The van der Waals surface area contributed by atoms with E-state index in [2.05, 4.69) is 14.7 Å². The first kappa shape index (κ1) is 19.6. The number of pyridine rings is 1. The fourth-order valence-electron chi connectivity index (χ4n) is 2.28. The maximum Gasteiger partial charge on any atom is 0.416 e. The van der Waals surface area contributed by atoms with Crippen LogP contribution in [0.4, 0.5) is 24.7 Å². The number of alkyl halides is 3. The fraction of sp³-hybridized carbons (Fsp3) is 0.111. The maximum absolute atomic E-state index is 13.1. The van der Waals surface area contributed by atoms with E-state index in [0.29, 0.717) is 0 Å². The van der Waals surface area contributed by atoms with Crippen molar-refractivity contribution in [3.63, 3.8) is 0 Å². The summed E-state index contributed by atoms with van der Waals surface area (Å²) >= 11 is 0.839. The largest absolute Gasteiger partial charge is 0.466 e. The van der Waals surface area contributed by atoms with Gasteiger partial charge in [-0.3, -0.25) is 9.69 Å².